The third-order valence-corrected chi connectivity index (χ3v) is 3.95. The van der Waals surface area contributed by atoms with Crippen molar-refractivity contribution in [1.29, 1.82) is 0 Å². The van der Waals surface area contributed by atoms with E-state index in [1.807, 2.05) is 0 Å². The molecule has 4 nitrogen and oxygen atoms in total. The topological polar surface area (TPSA) is 49.4 Å². The fourth-order valence-electron chi connectivity index (χ4n) is 2.55. The second-order valence-electron chi connectivity index (χ2n) is 5.17. The lowest BCUT2D eigenvalue weighted by Gasteiger charge is -2.30. The first kappa shape index (κ1) is 14.9. The second-order valence-corrected chi connectivity index (χ2v) is 5.61. The highest BCUT2D eigenvalue weighted by molar-refractivity contribution is 6.39. The fourth-order valence-corrected chi connectivity index (χ4v) is 2.74. The van der Waals surface area contributed by atoms with Crippen LogP contribution >= 0.6 is 11.6 Å². The first-order valence-corrected chi connectivity index (χ1v) is 7.29. The van der Waals surface area contributed by atoms with Crippen LogP contribution in [0.5, 0.6) is 0 Å². The van der Waals surface area contributed by atoms with Crippen molar-refractivity contribution in [3.05, 3.63) is 29.3 Å². The van der Waals surface area contributed by atoms with Crippen LogP contribution < -0.4 is 5.32 Å². The van der Waals surface area contributed by atoms with Crippen LogP contribution in [0.1, 0.15) is 32.1 Å². The maximum atomic E-state index is 12.1. The van der Waals surface area contributed by atoms with E-state index in [2.05, 4.69) is 5.32 Å². The van der Waals surface area contributed by atoms with Gasteiger partial charge < -0.3 is 10.2 Å². The molecule has 0 saturated heterocycles. The Kier molecular flexibility index (Phi) is 5.01. The van der Waals surface area contributed by atoms with Crippen LogP contribution in [0.15, 0.2) is 24.3 Å². The van der Waals surface area contributed by atoms with Gasteiger partial charge in [-0.2, -0.15) is 0 Å². The maximum Gasteiger partial charge on any atom is 0.313 e. The van der Waals surface area contributed by atoms with Crippen LogP contribution in [0.4, 0.5) is 5.69 Å². The lowest BCUT2D eigenvalue weighted by Crippen LogP contribution is -2.44. The molecule has 2 rings (SSSR count). The number of halogens is 1. The molecule has 0 bridgehead atoms. The van der Waals surface area contributed by atoms with Crippen molar-refractivity contribution in [2.24, 2.45) is 0 Å². The number of rotatable bonds is 2. The Labute approximate surface area is 124 Å². The van der Waals surface area contributed by atoms with Crippen molar-refractivity contribution in [1.82, 2.24) is 4.90 Å². The number of carbonyl (C=O) groups excluding carboxylic acids is 2. The van der Waals surface area contributed by atoms with Crippen molar-refractivity contribution in [2.75, 3.05) is 12.4 Å². The Morgan fingerprint density at radius 2 is 1.95 bits per heavy atom. The minimum Gasteiger partial charge on any atom is -0.335 e. The van der Waals surface area contributed by atoms with E-state index in [1.165, 1.54) is 6.42 Å². The predicted molar refractivity (Wildman–Crippen MR) is 79.7 cm³/mol. The van der Waals surface area contributed by atoms with Gasteiger partial charge in [-0.25, -0.2) is 0 Å². The molecule has 1 aliphatic carbocycles. The van der Waals surface area contributed by atoms with E-state index in [-0.39, 0.29) is 6.04 Å². The summed E-state index contributed by atoms with van der Waals surface area (Å²) >= 11 is 5.85. The molecule has 1 saturated carbocycles. The number of amides is 2. The van der Waals surface area contributed by atoms with Crippen molar-refractivity contribution in [3.63, 3.8) is 0 Å². The molecule has 108 valence electrons. The van der Waals surface area contributed by atoms with Crippen LogP contribution in [0, 0.1) is 0 Å². The number of benzene rings is 1. The van der Waals surface area contributed by atoms with Gasteiger partial charge >= 0.3 is 11.8 Å². The summed E-state index contributed by atoms with van der Waals surface area (Å²) in [5.74, 6) is -1.10. The molecular formula is C15H19ClN2O2. The van der Waals surface area contributed by atoms with Crippen molar-refractivity contribution in [2.45, 2.75) is 38.1 Å². The average Bonchev–Trinajstić information content (AvgIpc) is 2.46. The molecule has 0 radical (unpaired) electrons. The smallest absolute Gasteiger partial charge is 0.313 e. The highest BCUT2D eigenvalue weighted by Crippen LogP contribution is 2.22. The fraction of sp³-hybridized carbons (Fsp3) is 0.467. The zero-order valence-electron chi connectivity index (χ0n) is 11.6. The summed E-state index contributed by atoms with van der Waals surface area (Å²) in [5.41, 5.74) is 0.535. The number of hydrogen-bond acceptors (Lipinski definition) is 2. The van der Waals surface area contributed by atoms with Gasteiger partial charge in [-0.3, -0.25) is 9.59 Å². The third-order valence-electron chi connectivity index (χ3n) is 3.72. The van der Waals surface area contributed by atoms with E-state index in [9.17, 15) is 9.59 Å². The Bertz CT molecular complexity index is 498. The summed E-state index contributed by atoms with van der Waals surface area (Å²) in [6.45, 7) is 0. The van der Waals surface area contributed by atoms with Crippen LogP contribution in [0.25, 0.3) is 0 Å². The van der Waals surface area contributed by atoms with Gasteiger partial charge in [0.25, 0.3) is 0 Å². The SMILES string of the molecule is CN(C(=O)C(=O)Nc1cccc(Cl)c1)C1CCCCC1. The molecular weight excluding hydrogens is 276 g/mol. The van der Waals surface area contributed by atoms with E-state index in [4.69, 9.17) is 11.6 Å². The molecule has 20 heavy (non-hydrogen) atoms. The summed E-state index contributed by atoms with van der Waals surface area (Å²) in [6.07, 6.45) is 5.42. The summed E-state index contributed by atoms with van der Waals surface area (Å²) in [7, 11) is 1.70. The average molecular weight is 295 g/mol. The van der Waals surface area contributed by atoms with Crippen LogP contribution in [0.3, 0.4) is 0 Å². The Balaban J connectivity index is 1.95. The van der Waals surface area contributed by atoms with Crippen LogP contribution in [-0.4, -0.2) is 29.8 Å². The maximum absolute atomic E-state index is 12.1. The van der Waals surface area contributed by atoms with Crippen molar-refractivity contribution >= 4 is 29.1 Å². The number of hydrogen-bond donors (Lipinski definition) is 1. The molecule has 0 aliphatic heterocycles. The van der Waals surface area contributed by atoms with Gasteiger partial charge in [0, 0.05) is 23.8 Å². The lowest BCUT2D eigenvalue weighted by atomic mass is 9.94. The van der Waals surface area contributed by atoms with Crippen molar-refractivity contribution < 1.29 is 9.59 Å². The highest BCUT2D eigenvalue weighted by atomic mass is 35.5. The van der Waals surface area contributed by atoms with E-state index in [1.54, 1.807) is 36.2 Å². The molecule has 2 amide bonds. The largest absolute Gasteiger partial charge is 0.335 e. The predicted octanol–water partition coefficient (Wildman–Crippen LogP) is 3.07. The number of nitrogens with one attached hydrogen (secondary N) is 1. The molecule has 1 aromatic rings. The summed E-state index contributed by atoms with van der Waals surface area (Å²) in [5, 5.41) is 3.11. The number of nitrogens with zero attached hydrogens (tertiary/aromatic N) is 1. The molecule has 0 heterocycles. The minimum absolute atomic E-state index is 0.182. The quantitative estimate of drug-likeness (QED) is 0.852. The number of carbonyl (C=O) groups is 2. The van der Waals surface area contributed by atoms with E-state index in [0.717, 1.165) is 25.7 Å². The van der Waals surface area contributed by atoms with Gasteiger partial charge in [0.15, 0.2) is 0 Å². The highest BCUT2D eigenvalue weighted by Gasteiger charge is 2.26. The molecule has 0 spiro atoms. The first-order chi connectivity index (χ1) is 9.58. The Morgan fingerprint density at radius 3 is 2.60 bits per heavy atom. The van der Waals surface area contributed by atoms with E-state index >= 15 is 0 Å². The molecule has 1 aliphatic rings. The summed E-state index contributed by atoms with van der Waals surface area (Å²) in [6, 6.07) is 6.95. The van der Waals surface area contributed by atoms with Gasteiger partial charge in [0.05, 0.1) is 0 Å². The van der Waals surface area contributed by atoms with Gasteiger partial charge in [0.1, 0.15) is 0 Å². The molecule has 0 unspecified atom stereocenters. The standard InChI is InChI=1S/C15H19ClN2O2/c1-18(13-8-3-2-4-9-13)15(20)14(19)17-12-7-5-6-11(16)10-12/h5-7,10,13H,2-4,8-9H2,1H3,(H,17,19). The number of anilines is 1. The van der Waals surface area contributed by atoms with Crippen molar-refractivity contribution in [3.8, 4) is 0 Å². The van der Waals surface area contributed by atoms with Gasteiger partial charge in [-0.05, 0) is 31.0 Å². The molecule has 1 aromatic carbocycles. The molecule has 1 fully saturated rings. The first-order valence-electron chi connectivity index (χ1n) is 6.91. The Morgan fingerprint density at radius 1 is 1.25 bits per heavy atom. The van der Waals surface area contributed by atoms with Gasteiger partial charge in [-0.1, -0.05) is 36.9 Å². The third kappa shape index (κ3) is 3.73. The van der Waals surface area contributed by atoms with Crippen LogP contribution in [0.2, 0.25) is 5.02 Å². The monoisotopic (exact) mass is 294 g/mol. The van der Waals surface area contributed by atoms with Gasteiger partial charge in [-0.15, -0.1) is 0 Å². The molecule has 0 aromatic heterocycles. The Hall–Kier alpha value is -1.55. The molecule has 5 heteroatoms. The molecule has 0 atom stereocenters. The lowest BCUT2D eigenvalue weighted by molar-refractivity contribution is -0.144. The zero-order valence-corrected chi connectivity index (χ0v) is 12.3. The summed E-state index contributed by atoms with van der Waals surface area (Å²) in [4.78, 5) is 25.6. The molecule has 1 N–H and O–H groups in total. The number of likely N-dealkylation sites (N-methyl/N-ethyl adjacent to an activating group) is 1. The normalized spacial score (nSPS) is 15.7. The van der Waals surface area contributed by atoms with E-state index in [0.29, 0.717) is 10.7 Å². The van der Waals surface area contributed by atoms with E-state index < -0.39 is 11.8 Å². The zero-order chi connectivity index (χ0) is 14.5. The van der Waals surface area contributed by atoms with Gasteiger partial charge in [0.2, 0.25) is 0 Å². The summed E-state index contributed by atoms with van der Waals surface area (Å²) < 4.78 is 0. The second kappa shape index (κ2) is 6.75. The van der Waals surface area contributed by atoms with Crippen LogP contribution in [-0.2, 0) is 9.59 Å². The minimum atomic E-state index is -0.611.